The van der Waals surface area contributed by atoms with E-state index in [1.54, 1.807) is 21.7 Å². The van der Waals surface area contributed by atoms with Crippen molar-refractivity contribution in [2.45, 2.75) is 12.7 Å². The molecule has 242 valence electrons. The zero-order valence-corrected chi connectivity index (χ0v) is 25.3. The first-order chi connectivity index (χ1) is 21.5. The highest BCUT2D eigenvalue weighted by Crippen LogP contribution is 2.37. The molecule has 0 bridgehead atoms. The molecule has 45 heavy (non-hydrogen) atoms. The molecule has 13 nitrogen and oxygen atoms in total. The van der Waals surface area contributed by atoms with Crippen LogP contribution < -0.4 is 16.0 Å². The molecule has 0 saturated carbocycles. The van der Waals surface area contributed by atoms with Crippen molar-refractivity contribution in [3.05, 3.63) is 47.8 Å². The predicted molar refractivity (Wildman–Crippen MR) is 161 cm³/mol. The number of nitrogen functional groups attached to an aromatic ring is 1. The van der Waals surface area contributed by atoms with Crippen molar-refractivity contribution >= 4 is 29.0 Å². The summed E-state index contributed by atoms with van der Waals surface area (Å²) in [6.07, 6.45) is 1.33. The van der Waals surface area contributed by atoms with E-state index in [1.807, 2.05) is 30.0 Å². The molecule has 3 N–H and O–H groups in total. The number of nitrogens with two attached hydrogens (primary N) is 1. The molecular formula is C29H37F3N10O3. The molecular weight excluding hydrogens is 593 g/mol. The Labute approximate surface area is 258 Å². The lowest BCUT2D eigenvalue weighted by Crippen LogP contribution is -2.50. The largest absolute Gasteiger partial charge is 0.417 e. The molecule has 2 fully saturated rings. The summed E-state index contributed by atoms with van der Waals surface area (Å²) in [5.41, 5.74) is 5.93. The van der Waals surface area contributed by atoms with Gasteiger partial charge >= 0.3 is 6.18 Å². The average Bonchev–Trinajstić information content (AvgIpc) is 3.42. The molecule has 2 aliphatic rings. The maximum absolute atomic E-state index is 13.9. The summed E-state index contributed by atoms with van der Waals surface area (Å²) in [5, 5.41) is 7.10. The second kappa shape index (κ2) is 13.8. The van der Waals surface area contributed by atoms with Gasteiger partial charge < -0.3 is 30.5 Å². The summed E-state index contributed by atoms with van der Waals surface area (Å²) in [6, 6.07) is 2.73. The molecule has 0 atom stereocenters. The van der Waals surface area contributed by atoms with Crippen LogP contribution in [0.15, 0.2) is 36.7 Å². The van der Waals surface area contributed by atoms with E-state index in [0.29, 0.717) is 76.9 Å². The molecule has 3 aromatic heterocycles. The van der Waals surface area contributed by atoms with E-state index in [4.69, 9.17) is 10.5 Å². The number of piperazine rings is 1. The molecule has 2 saturated heterocycles. The normalized spacial score (nSPS) is 16.7. The number of carbonyl (C=O) groups is 2. The van der Waals surface area contributed by atoms with Gasteiger partial charge in [0.1, 0.15) is 11.3 Å². The zero-order valence-electron chi connectivity index (χ0n) is 25.3. The van der Waals surface area contributed by atoms with Gasteiger partial charge in [-0.3, -0.25) is 14.5 Å². The van der Waals surface area contributed by atoms with Crippen molar-refractivity contribution in [3.8, 4) is 11.4 Å². The Hall–Kier alpha value is -4.28. The van der Waals surface area contributed by atoms with E-state index in [2.05, 4.69) is 25.3 Å². The van der Waals surface area contributed by atoms with E-state index in [1.165, 1.54) is 6.08 Å². The van der Waals surface area contributed by atoms with Crippen LogP contribution in [-0.2, 0) is 27.0 Å². The van der Waals surface area contributed by atoms with Gasteiger partial charge in [-0.15, -0.1) is 5.10 Å². The molecule has 5 rings (SSSR count). The van der Waals surface area contributed by atoms with Gasteiger partial charge in [0.25, 0.3) is 0 Å². The van der Waals surface area contributed by atoms with E-state index in [0.717, 1.165) is 17.8 Å². The maximum Gasteiger partial charge on any atom is 0.417 e. The number of carbonyl (C=O) groups excluding carboxylic acids is 2. The third-order valence-electron chi connectivity index (χ3n) is 7.57. The highest BCUT2D eigenvalue weighted by atomic mass is 19.4. The Bertz CT molecular complexity index is 1540. The Morgan fingerprint density at radius 3 is 2.53 bits per heavy atom. The molecule has 0 radical (unpaired) electrons. The first-order valence-corrected chi connectivity index (χ1v) is 14.6. The lowest BCUT2D eigenvalue weighted by molar-refractivity contribution is -0.137. The summed E-state index contributed by atoms with van der Waals surface area (Å²) in [4.78, 5) is 40.9. The van der Waals surface area contributed by atoms with E-state index < -0.39 is 11.7 Å². The van der Waals surface area contributed by atoms with Crippen LogP contribution in [0.25, 0.3) is 16.9 Å². The molecule has 16 heteroatoms. The number of amides is 2. The van der Waals surface area contributed by atoms with Crippen molar-refractivity contribution in [3.63, 3.8) is 0 Å². The van der Waals surface area contributed by atoms with Crippen LogP contribution in [0, 0.1) is 0 Å². The molecule has 5 heterocycles. The fourth-order valence-electron chi connectivity index (χ4n) is 5.25. The zero-order chi connectivity index (χ0) is 32.1. The summed E-state index contributed by atoms with van der Waals surface area (Å²) in [7, 11) is 3.79. The van der Waals surface area contributed by atoms with E-state index >= 15 is 0 Å². The van der Waals surface area contributed by atoms with Crippen LogP contribution in [0.5, 0.6) is 0 Å². The number of nitrogens with zero attached hydrogens (tertiary/aromatic N) is 8. The number of hydrogen-bond acceptors (Lipinski definition) is 10. The van der Waals surface area contributed by atoms with Gasteiger partial charge in [-0.05, 0) is 31.8 Å². The monoisotopic (exact) mass is 630 g/mol. The van der Waals surface area contributed by atoms with Crippen LogP contribution in [0.1, 0.15) is 11.1 Å². The van der Waals surface area contributed by atoms with Gasteiger partial charge in [-0.2, -0.15) is 13.2 Å². The van der Waals surface area contributed by atoms with Crippen molar-refractivity contribution in [1.82, 2.24) is 39.6 Å². The number of rotatable bonds is 9. The average molecular weight is 631 g/mol. The first kappa shape index (κ1) is 32.1. The lowest BCUT2D eigenvalue weighted by Gasteiger charge is -2.34. The minimum Gasteiger partial charge on any atom is -0.384 e. The van der Waals surface area contributed by atoms with Gasteiger partial charge in [0.15, 0.2) is 11.6 Å². The second-order valence-electron chi connectivity index (χ2n) is 11.2. The van der Waals surface area contributed by atoms with Crippen molar-refractivity contribution in [2.75, 3.05) is 90.3 Å². The van der Waals surface area contributed by atoms with E-state index in [9.17, 15) is 22.8 Å². The number of halogens is 3. The lowest BCUT2D eigenvalue weighted by atomic mass is 10.1. The Morgan fingerprint density at radius 1 is 1.11 bits per heavy atom. The molecule has 0 aromatic carbocycles. The molecule has 0 unspecified atom stereocenters. The predicted octanol–water partition coefficient (Wildman–Crippen LogP) is 1.11. The van der Waals surface area contributed by atoms with Gasteiger partial charge in [-0.25, -0.2) is 14.5 Å². The maximum atomic E-state index is 13.9. The number of anilines is 2. The Balaban J connectivity index is 1.29. The number of ether oxygens (including phenoxy) is 1. The van der Waals surface area contributed by atoms with Crippen LogP contribution in [-0.4, -0.2) is 126 Å². The third kappa shape index (κ3) is 8.06. The number of hydrogen-bond donors (Lipinski definition) is 2. The van der Waals surface area contributed by atoms with Gasteiger partial charge in [0, 0.05) is 70.8 Å². The van der Waals surface area contributed by atoms with Crippen LogP contribution in [0.4, 0.5) is 24.8 Å². The number of nitrogens with one attached hydrogen (secondary N) is 1. The molecule has 3 aromatic rings. The highest BCUT2D eigenvalue weighted by molar-refractivity contribution is 5.91. The molecule has 2 amide bonds. The molecule has 2 aliphatic heterocycles. The fourth-order valence-corrected chi connectivity index (χ4v) is 5.25. The summed E-state index contributed by atoms with van der Waals surface area (Å²) >= 11 is 0. The molecule has 0 spiro atoms. The third-order valence-corrected chi connectivity index (χ3v) is 7.57. The number of likely N-dealkylation sites (N-methyl/N-ethyl adjacent to an activating group) is 1. The number of fused-ring (bicyclic) bond motifs is 1. The topological polar surface area (TPSA) is 137 Å². The smallest absolute Gasteiger partial charge is 0.384 e. The number of alkyl halides is 3. The number of pyridine rings is 1. The second-order valence-corrected chi connectivity index (χ2v) is 11.2. The van der Waals surface area contributed by atoms with Crippen LogP contribution in [0.3, 0.4) is 0 Å². The molecule has 0 aliphatic carbocycles. The standard InChI is InChI=1S/C29H37F3N10O3/c1-38(2)5-3-4-25(43)35-17-26(44)40-8-6-39(7-9-40)18-20-14-23-28(41-10-12-45-13-11-41)36-27(37-42(23)19-20)21-16-34-24(33)15-22(21)29(30,31)32/h3-4,14-16,19H,5-13,17-18H2,1-2H3,(H2,33,34)(H,35,43)/b4-3+. The van der Waals surface area contributed by atoms with E-state index in [-0.39, 0.29) is 35.6 Å². The summed E-state index contributed by atoms with van der Waals surface area (Å²) in [5.74, 6) is -0.309. The SMILES string of the molecule is CN(C)C/C=C/C(=O)NCC(=O)N1CCN(Cc2cc3c(N4CCOCC4)nc(-c4cnc(N)cc4C(F)(F)F)nn3c2)CC1. The Morgan fingerprint density at radius 2 is 1.84 bits per heavy atom. The highest BCUT2D eigenvalue weighted by Gasteiger charge is 2.36. The van der Waals surface area contributed by atoms with Crippen molar-refractivity contribution < 1.29 is 27.5 Å². The van der Waals surface area contributed by atoms with Crippen molar-refractivity contribution in [2.24, 2.45) is 0 Å². The minimum atomic E-state index is -4.68. The first-order valence-electron chi connectivity index (χ1n) is 14.6. The number of aromatic nitrogens is 4. The Kier molecular flexibility index (Phi) is 9.84. The fraction of sp³-hybridized carbons (Fsp3) is 0.483. The van der Waals surface area contributed by atoms with Gasteiger partial charge in [0.05, 0.1) is 30.9 Å². The van der Waals surface area contributed by atoms with Gasteiger partial charge in [0.2, 0.25) is 11.8 Å². The van der Waals surface area contributed by atoms with Crippen molar-refractivity contribution in [1.29, 1.82) is 0 Å². The quantitative estimate of drug-likeness (QED) is 0.331. The summed E-state index contributed by atoms with van der Waals surface area (Å²) < 4.78 is 48.9. The van der Waals surface area contributed by atoms with Crippen LogP contribution in [0.2, 0.25) is 0 Å². The minimum absolute atomic E-state index is 0.0685. The summed E-state index contributed by atoms with van der Waals surface area (Å²) in [6.45, 7) is 5.35. The van der Waals surface area contributed by atoms with Crippen LogP contribution >= 0.6 is 0 Å². The van der Waals surface area contributed by atoms with Gasteiger partial charge in [-0.1, -0.05) is 6.08 Å². The number of morpholine rings is 1.